The highest BCUT2D eigenvalue weighted by Gasteiger charge is 2.39. The molecule has 2 rings (SSSR count). The summed E-state index contributed by atoms with van der Waals surface area (Å²) in [6.45, 7) is 5.77. The van der Waals surface area contributed by atoms with Gasteiger partial charge in [0.2, 0.25) is 5.91 Å². The van der Waals surface area contributed by atoms with Crippen molar-refractivity contribution < 1.29 is 19.4 Å². The third kappa shape index (κ3) is 8.93. The van der Waals surface area contributed by atoms with E-state index in [2.05, 4.69) is 21.2 Å². The number of piperidine rings is 1. The molecule has 9 heteroatoms. The highest BCUT2D eigenvalue weighted by atomic mass is 16.5. The molecule has 0 unspecified atom stereocenters. The van der Waals surface area contributed by atoms with Crippen LogP contribution in [0.4, 0.5) is 5.69 Å². The monoisotopic (exact) mass is 447 g/mol. The minimum atomic E-state index is -0.927. The number of likely N-dealkylation sites (tertiary alicyclic amines) is 1. The first-order valence-electron chi connectivity index (χ1n) is 10.9. The Kier molecular flexibility index (Phi) is 13.2. The second-order valence-electron chi connectivity index (χ2n) is 7.80. The standard InChI is InChI=1S/C13H19N3O.C10H18N2O3/c1-15-7-9-16(8-2-10-17)13-5-3-12(11-14)4-6-13;1-15-7-6-12-4-2-10(8-13,3-5-12)9(11)14/h3-6,15,17H,2,7-10H2,1H3;8H,2-7H2,1H3,(H2,11,14). The smallest absolute Gasteiger partial charge is 0.230 e. The lowest BCUT2D eigenvalue weighted by atomic mass is 9.79. The Morgan fingerprint density at radius 2 is 2.00 bits per heavy atom. The maximum atomic E-state index is 11.2. The summed E-state index contributed by atoms with van der Waals surface area (Å²) in [6.07, 6.45) is 2.51. The molecule has 0 bridgehead atoms. The average Bonchev–Trinajstić information content (AvgIpc) is 2.83. The van der Waals surface area contributed by atoms with E-state index in [0.29, 0.717) is 31.3 Å². The van der Waals surface area contributed by atoms with Crippen molar-refractivity contribution in [1.82, 2.24) is 10.2 Å². The van der Waals surface area contributed by atoms with Crippen molar-refractivity contribution in [2.24, 2.45) is 11.1 Å². The van der Waals surface area contributed by atoms with Gasteiger partial charge in [0.25, 0.3) is 0 Å². The van der Waals surface area contributed by atoms with Crippen LogP contribution in [0.2, 0.25) is 0 Å². The normalized spacial score (nSPS) is 15.2. The number of amides is 1. The molecule has 1 amide bonds. The number of hydrogen-bond donors (Lipinski definition) is 3. The minimum Gasteiger partial charge on any atom is -0.396 e. The summed E-state index contributed by atoms with van der Waals surface area (Å²) in [5, 5.41) is 20.7. The molecule has 0 radical (unpaired) electrons. The van der Waals surface area contributed by atoms with Gasteiger partial charge in [-0.1, -0.05) is 0 Å². The molecule has 1 fully saturated rings. The Balaban J connectivity index is 0.000000323. The number of aliphatic hydroxyl groups excluding tert-OH is 1. The van der Waals surface area contributed by atoms with Crippen molar-refractivity contribution in [1.29, 1.82) is 5.26 Å². The van der Waals surface area contributed by atoms with Crippen molar-refractivity contribution in [3.8, 4) is 6.07 Å². The second kappa shape index (κ2) is 15.3. The maximum absolute atomic E-state index is 11.2. The molecule has 1 aliphatic heterocycles. The van der Waals surface area contributed by atoms with Crippen LogP contribution < -0.4 is 16.0 Å². The van der Waals surface area contributed by atoms with Crippen molar-refractivity contribution in [3.05, 3.63) is 29.8 Å². The number of ether oxygens (including phenoxy) is 1. The summed E-state index contributed by atoms with van der Waals surface area (Å²) < 4.78 is 4.97. The number of nitriles is 1. The maximum Gasteiger partial charge on any atom is 0.230 e. The molecule has 32 heavy (non-hydrogen) atoms. The zero-order valence-electron chi connectivity index (χ0n) is 19.3. The quantitative estimate of drug-likeness (QED) is 0.309. The molecule has 1 saturated heterocycles. The highest BCUT2D eigenvalue weighted by molar-refractivity contribution is 5.95. The number of aliphatic hydroxyl groups is 1. The lowest BCUT2D eigenvalue weighted by Crippen LogP contribution is -2.48. The zero-order valence-corrected chi connectivity index (χ0v) is 19.3. The molecule has 0 aliphatic carbocycles. The number of carbonyl (C=O) groups excluding carboxylic acids is 2. The van der Waals surface area contributed by atoms with Gasteiger partial charge < -0.3 is 35.5 Å². The molecular weight excluding hydrogens is 410 g/mol. The Bertz CT molecular complexity index is 704. The van der Waals surface area contributed by atoms with E-state index in [4.69, 9.17) is 20.8 Å². The third-order valence-electron chi connectivity index (χ3n) is 5.66. The fourth-order valence-corrected chi connectivity index (χ4v) is 3.44. The summed E-state index contributed by atoms with van der Waals surface area (Å²) >= 11 is 0. The first-order valence-corrected chi connectivity index (χ1v) is 10.9. The molecule has 4 N–H and O–H groups in total. The van der Waals surface area contributed by atoms with Crippen LogP contribution in [0.5, 0.6) is 0 Å². The lowest BCUT2D eigenvalue weighted by molar-refractivity contribution is -0.137. The van der Waals surface area contributed by atoms with Crippen LogP contribution in [-0.2, 0) is 14.3 Å². The average molecular weight is 448 g/mol. The molecule has 1 heterocycles. The predicted octanol–water partition coefficient (Wildman–Crippen LogP) is 0.366. The summed E-state index contributed by atoms with van der Waals surface area (Å²) in [5.74, 6) is -0.496. The molecule has 0 saturated carbocycles. The van der Waals surface area contributed by atoms with E-state index in [1.807, 2.05) is 31.3 Å². The van der Waals surface area contributed by atoms with Crippen molar-refractivity contribution in [3.63, 3.8) is 0 Å². The number of hydrogen-bond acceptors (Lipinski definition) is 8. The van der Waals surface area contributed by atoms with E-state index in [1.165, 1.54) is 0 Å². The SMILES string of the molecule is CNCCN(CCCO)c1ccc(C#N)cc1.COCCN1CCC(C=O)(C(N)=O)CC1. The Morgan fingerprint density at radius 3 is 2.47 bits per heavy atom. The topological polar surface area (TPSA) is 132 Å². The number of methoxy groups -OCH3 is 1. The molecule has 178 valence electrons. The van der Waals surface area contributed by atoms with Crippen LogP contribution in [0.1, 0.15) is 24.8 Å². The number of aldehydes is 1. The number of carbonyl (C=O) groups is 2. The number of nitrogens with one attached hydrogen (secondary N) is 1. The molecular formula is C23H37N5O4. The Hall–Kier alpha value is -2.51. The number of rotatable bonds is 12. The molecule has 1 aromatic rings. The number of likely N-dealkylation sites (N-methyl/N-ethyl adjacent to an activating group) is 1. The molecule has 0 atom stereocenters. The van der Waals surface area contributed by atoms with E-state index in [1.54, 1.807) is 7.11 Å². The van der Waals surface area contributed by atoms with Gasteiger partial charge in [0.05, 0.1) is 18.2 Å². The van der Waals surface area contributed by atoms with Crippen molar-refractivity contribution in [2.45, 2.75) is 19.3 Å². The predicted molar refractivity (Wildman–Crippen MR) is 124 cm³/mol. The van der Waals surface area contributed by atoms with Crippen LogP contribution >= 0.6 is 0 Å². The second-order valence-corrected chi connectivity index (χ2v) is 7.80. The summed E-state index contributed by atoms with van der Waals surface area (Å²) in [4.78, 5) is 26.5. The van der Waals surface area contributed by atoms with E-state index in [9.17, 15) is 9.59 Å². The minimum absolute atomic E-state index is 0.201. The van der Waals surface area contributed by atoms with Crippen LogP contribution in [0.25, 0.3) is 0 Å². The van der Waals surface area contributed by atoms with E-state index in [0.717, 1.165) is 51.4 Å². The van der Waals surface area contributed by atoms with Crippen LogP contribution in [-0.4, -0.2) is 88.8 Å². The van der Waals surface area contributed by atoms with Gasteiger partial charge >= 0.3 is 0 Å². The van der Waals surface area contributed by atoms with Gasteiger partial charge in [0.15, 0.2) is 0 Å². The van der Waals surface area contributed by atoms with E-state index in [-0.39, 0.29) is 6.61 Å². The van der Waals surface area contributed by atoms with Gasteiger partial charge in [-0.25, -0.2) is 0 Å². The number of anilines is 1. The van der Waals surface area contributed by atoms with E-state index < -0.39 is 11.3 Å². The first kappa shape index (κ1) is 27.5. The summed E-state index contributed by atoms with van der Waals surface area (Å²) in [7, 11) is 3.58. The Morgan fingerprint density at radius 1 is 1.34 bits per heavy atom. The largest absolute Gasteiger partial charge is 0.396 e. The molecule has 1 aromatic carbocycles. The van der Waals surface area contributed by atoms with Gasteiger partial charge in [0.1, 0.15) is 11.7 Å². The lowest BCUT2D eigenvalue weighted by Gasteiger charge is -2.35. The summed E-state index contributed by atoms with van der Waals surface area (Å²) in [5.41, 5.74) is 6.08. The Labute approximate surface area is 191 Å². The fraction of sp³-hybridized carbons (Fsp3) is 0.609. The number of nitrogens with zero attached hydrogens (tertiary/aromatic N) is 3. The third-order valence-corrected chi connectivity index (χ3v) is 5.66. The summed E-state index contributed by atoms with van der Waals surface area (Å²) in [6, 6.07) is 9.65. The molecule has 0 spiro atoms. The van der Waals surface area contributed by atoms with Crippen molar-refractivity contribution in [2.75, 3.05) is 71.5 Å². The van der Waals surface area contributed by atoms with Crippen molar-refractivity contribution >= 4 is 17.9 Å². The van der Waals surface area contributed by atoms with Crippen LogP contribution in [0, 0.1) is 16.7 Å². The highest BCUT2D eigenvalue weighted by Crippen LogP contribution is 2.28. The molecule has 1 aliphatic rings. The van der Waals surface area contributed by atoms with Crippen LogP contribution in [0.3, 0.4) is 0 Å². The first-order chi connectivity index (χ1) is 15.5. The van der Waals surface area contributed by atoms with Gasteiger partial charge in [-0.05, 0) is 63.7 Å². The molecule has 9 nitrogen and oxygen atoms in total. The fourth-order valence-electron chi connectivity index (χ4n) is 3.44. The number of benzene rings is 1. The number of primary amides is 1. The molecule has 0 aromatic heterocycles. The van der Waals surface area contributed by atoms with Gasteiger partial charge in [0, 0.05) is 45.6 Å². The van der Waals surface area contributed by atoms with Gasteiger partial charge in [-0.3, -0.25) is 4.79 Å². The van der Waals surface area contributed by atoms with E-state index >= 15 is 0 Å². The number of nitrogens with two attached hydrogens (primary N) is 1. The van der Waals surface area contributed by atoms with Gasteiger partial charge in [-0.15, -0.1) is 0 Å². The van der Waals surface area contributed by atoms with Crippen LogP contribution in [0.15, 0.2) is 24.3 Å². The zero-order chi connectivity index (χ0) is 23.8. The van der Waals surface area contributed by atoms with Gasteiger partial charge in [-0.2, -0.15) is 5.26 Å².